The third kappa shape index (κ3) is 4.53. The van der Waals surface area contributed by atoms with Crippen LogP contribution >= 0.6 is 0 Å². The molecule has 1 aliphatic carbocycles. The van der Waals surface area contributed by atoms with E-state index in [4.69, 9.17) is 5.11 Å². The average molecular weight is 351 g/mol. The van der Waals surface area contributed by atoms with Crippen LogP contribution in [-0.4, -0.2) is 72.1 Å². The van der Waals surface area contributed by atoms with Crippen molar-refractivity contribution in [1.82, 2.24) is 15.1 Å². The second-order valence-corrected chi connectivity index (χ2v) is 8.12. The molecule has 0 aromatic rings. The molecule has 3 rings (SSSR count). The molecule has 0 bridgehead atoms. The highest BCUT2D eigenvalue weighted by atomic mass is 16.3. The lowest BCUT2D eigenvalue weighted by Crippen LogP contribution is -2.51. The number of aliphatic hydroxyl groups is 1. The Kier molecular flexibility index (Phi) is 6.34. The number of aliphatic hydroxyl groups excluding tert-OH is 1. The smallest absolute Gasteiger partial charge is 0.234 e. The summed E-state index contributed by atoms with van der Waals surface area (Å²) >= 11 is 0. The normalized spacial score (nSPS) is 29.2. The topological polar surface area (TPSA) is 72.9 Å². The van der Waals surface area contributed by atoms with Gasteiger partial charge in [0.15, 0.2) is 0 Å². The van der Waals surface area contributed by atoms with E-state index in [2.05, 4.69) is 10.2 Å². The molecule has 3 aliphatic rings. The summed E-state index contributed by atoms with van der Waals surface area (Å²) in [4.78, 5) is 29.2. The van der Waals surface area contributed by atoms with Gasteiger partial charge < -0.3 is 15.3 Å². The number of carbonyl (C=O) groups is 2. The molecule has 1 atom stereocenters. The molecule has 2 saturated heterocycles. The molecule has 1 spiro atoms. The van der Waals surface area contributed by atoms with Crippen molar-refractivity contribution in [3.05, 3.63) is 0 Å². The van der Waals surface area contributed by atoms with Gasteiger partial charge in [-0.1, -0.05) is 25.7 Å². The van der Waals surface area contributed by atoms with Crippen molar-refractivity contribution in [2.24, 2.45) is 5.41 Å². The first-order chi connectivity index (χ1) is 12.1. The molecule has 0 radical (unpaired) electrons. The Balaban J connectivity index is 1.50. The van der Waals surface area contributed by atoms with Gasteiger partial charge in [-0.15, -0.1) is 0 Å². The van der Waals surface area contributed by atoms with E-state index in [0.717, 1.165) is 45.2 Å². The highest BCUT2D eigenvalue weighted by Gasteiger charge is 2.48. The monoisotopic (exact) mass is 351 g/mol. The van der Waals surface area contributed by atoms with Gasteiger partial charge in [0.25, 0.3) is 0 Å². The molecule has 2 amide bonds. The zero-order valence-corrected chi connectivity index (χ0v) is 15.3. The summed E-state index contributed by atoms with van der Waals surface area (Å²) in [7, 11) is 0. The third-order valence-electron chi connectivity index (χ3n) is 6.21. The van der Waals surface area contributed by atoms with Gasteiger partial charge in [-0.25, -0.2) is 0 Å². The molecule has 2 aliphatic heterocycles. The second kappa shape index (κ2) is 8.49. The second-order valence-electron chi connectivity index (χ2n) is 8.12. The van der Waals surface area contributed by atoms with Crippen LogP contribution in [0.25, 0.3) is 0 Å². The predicted molar refractivity (Wildman–Crippen MR) is 96.0 cm³/mol. The Morgan fingerprint density at radius 3 is 2.60 bits per heavy atom. The zero-order chi connectivity index (χ0) is 17.7. The van der Waals surface area contributed by atoms with Gasteiger partial charge in [-0.3, -0.25) is 14.5 Å². The Morgan fingerprint density at radius 2 is 1.88 bits per heavy atom. The van der Waals surface area contributed by atoms with Crippen LogP contribution in [0.15, 0.2) is 0 Å². The van der Waals surface area contributed by atoms with Crippen LogP contribution in [0.5, 0.6) is 0 Å². The number of nitrogens with one attached hydrogen (secondary N) is 1. The Morgan fingerprint density at radius 1 is 1.12 bits per heavy atom. The number of nitrogens with zero attached hydrogens (tertiary/aromatic N) is 2. The maximum atomic E-state index is 12.8. The number of rotatable bonds is 5. The van der Waals surface area contributed by atoms with Crippen LogP contribution in [0.3, 0.4) is 0 Å². The van der Waals surface area contributed by atoms with E-state index in [9.17, 15) is 9.59 Å². The summed E-state index contributed by atoms with van der Waals surface area (Å²) in [5.74, 6) is 0.291. The minimum Gasteiger partial charge on any atom is -0.395 e. The molecule has 2 N–H and O–H groups in total. The number of β-amino-alcohol motifs (C(OH)–C–C–N with tert-alkyl or cyclic N) is 1. The minimum absolute atomic E-state index is 0.0231. The van der Waals surface area contributed by atoms with Gasteiger partial charge in [-0.05, 0) is 38.6 Å². The molecule has 3 fully saturated rings. The van der Waals surface area contributed by atoms with Crippen LogP contribution in [0.4, 0.5) is 0 Å². The van der Waals surface area contributed by atoms with Crippen molar-refractivity contribution in [3.8, 4) is 0 Å². The summed E-state index contributed by atoms with van der Waals surface area (Å²) in [6, 6.07) is 0.336. The van der Waals surface area contributed by atoms with Crippen LogP contribution in [0.2, 0.25) is 0 Å². The van der Waals surface area contributed by atoms with E-state index in [-0.39, 0.29) is 23.8 Å². The summed E-state index contributed by atoms with van der Waals surface area (Å²) in [5.41, 5.74) is -0.323. The summed E-state index contributed by atoms with van der Waals surface area (Å²) in [6.07, 6.45) is 9.95. The zero-order valence-electron chi connectivity index (χ0n) is 15.3. The fourth-order valence-corrected chi connectivity index (χ4v) is 4.86. The number of likely N-dealkylation sites (tertiary alicyclic amines) is 2. The van der Waals surface area contributed by atoms with Crippen molar-refractivity contribution in [3.63, 3.8) is 0 Å². The molecular formula is C19H33N3O3. The molecule has 142 valence electrons. The molecule has 6 nitrogen and oxygen atoms in total. The van der Waals surface area contributed by atoms with Gasteiger partial charge in [0.05, 0.1) is 18.6 Å². The molecule has 0 unspecified atom stereocenters. The number of carbonyl (C=O) groups excluding carboxylic acids is 2. The fraction of sp³-hybridized carbons (Fsp3) is 0.895. The molecular weight excluding hydrogens is 318 g/mol. The van der Waals surface area contributed by atoms with E-state index in [1.54, 1.807) is 4.90 Å². The Hall–Kier alpha value is -1.14. The SMILES string of the molecule is O=C(CN1CC[C@]2(CCCN(CCO)C2=O)C1)NC1CCCCCC1. The lowest BCUT2D eigenvalue weighted by molar-refractivity contribution is -0.146. The number of hydrogen-bond donors (Lipinski definition) is 2. The Bertz CT molecular complexity index is 475. The highest BCUT2D eigenvalue weighted by Crippen LogP contribution is 2.39. The van der Waals surface area contributed by atoms with Crippen LogP contribution in [-0.2, 0) is 9.59 Å². The summed E-state index contributed by atoms with van der Waals surface area (Å²) < 4.78 is 0. The number of amides is 2. The quantitative estimate of drug-likeness (QED) is 0.729. The number of hydrogen-bond acceptors (Lipinski definition) is 4. The summed E-state index contributed by atoms with van der Waals surface area (Å²) in [5, 5.41) is 12.4. The molecule has 25 heavy (non-hydrogen) atoms. The maximum Gasteiger partial charge on any atom is 0.234 e. The molecule has 1 saturated carbocycles. The van der Waals surface area contributed by atoms with Crippen LogP contribution in [0, 0.1) is 5.41 Å². The molecule has 0 aromatic carbocycles. The van der Waals surface area contributed by atoms with E-state index in [1.807, 2.05) is 0 Å². The van der Waals surface area contributed by atoms with Crippen molar-refractivity contribution in [2.75, 3.05) is 39.3 Å². The van der Waals surface area contributed by atoms with Gasteiger partial charge in [0, 0.05) is 25.7 Å². The van der Waals surface area contributed by atoms with E-state index in [1.165, 1.54) is 25.7 Å². The van der Waals surface area contributed by atoms with Crippen LogP contribution < -0.4 is 5.32 Å². The van der Waals surface area contributed by atoms with Gasteiger partial charge in [-0.2, -0.15) is 0 Å². The van der Waals surface area contributed by atoms with Crippen molar-refractivity contribution >= 4 is 11.8 Å². The first kappa shape index (κ1) is 18.6. The standard InChI is InChI=1S/C19H33N3O3/c23-13-12-22-10-5-8-19(18(22)25)9-11-21(15-19)14-17(24)20-16-6-3-1-2-4-7-16/h16,23H,1-15H2,(H,20,24)/t19-/m1/s1. The Labute approximate surface area is 150 Å². The lowest BCUT2D eigenvalue weighted by Gasteiger charge is -2.39. The first-order valence-electron chi connectivity index (χ1n) is 10.0. The predicted octanol–water partition coefficient (Wildman–Crippen LogP) is 1.13. The molecule has 6 heteroatoms. The highest BCUT2D eigenvalue weighted by molar-refractivity contribution is 5.84. The average Bonchev–Trinajstić information content (AvgIpc) is 2.80. The van der Waals surface area contributed by atoms with E-state index in [0.29, 0.717) is 25.7 Å². The van der Waals surface area contributed by atoms with Crippen molar-refractivity contribution < 1.29 is 14.7 Å². The van der Waals surface area contributed by atoms with E-state index < -0.39 is 0 Å². The number of piperidine rings is 1. The maximum absolute atomic E-state index is 12.8. The lowest BCUT2D eigenvalue weighted by atomic mass is 9.78. The minimum atomic E-state index is -0.323. The fourth-order valence-electron chi connectivity index (χ4n) is 4.86. The van der Waals surface area contributed by atoms with Crippen LogP contribution in [0.1, 0.15) is 57.8 Å². The van der Waals surface area contributed by atoms with Crippen molar-refractivity contribution in [2.45, 2.75) is 63.8 Å². The largest absolute Gasteiger partial charge is 0.395 e. The summed E-state index contributed by atoms with van der Waals surface area (Å²) in [6.45, 7) is 3.12. The van der Waals surface area contributed by atoms with Gasteiger partial charge >= 0.3 is 0 Å². The third-order valence-corrected chi connectivity index (χ3v) is 6.21. The molecule has 2 heterocycles. The van der Waals surface area contributed by atoms with Gasteiger partial charge in [0.1, 0.15) is 0 Å². The van der Waals surface area contributed by atoms with E-state index >= 15 is 0 Å². The first-order valence-corrected chi connectivity index (χ1v) is 10.0. The van der Waals surface area contributed by atoms with Crippen molar-refractivity contribution in [1.29, 1.82) is 0 Å². The molecule has 0 aromatic heterocycles. The van der Waals surface area contributed by atoms with Gasteiger partial charge in [0.2, 0.25) is 11.8 Å².